The van der Waals surface area contributed by atoms with Crippen molar-refractivity contribution in [3.8, 4) is 0 Å². The van der Waals surface area contributed by atoms with E-state index >= 15 is 0 Å². The summed E-state index contributed by atoms with van der Waals surface area (Å²) < 4.78 is 0. The molecule has 2 amide bonds. The van der Waals surface area contributed by atoms with Crippen LogP contribution in [0, 0.1) is 0 Å². The number of carbonyl (C=O) groups excluding carboxylic acids is 2. The third kappa shape index (κ3) is 2.69. The van der Waals surface area contributed by atoms with Gasteiger partial charge in [-0.1, -0.05) is 0 Å². The second kappa shape index (κ2) is 6.09. The minimum Gasteiger partial charge on any atom is -0.355 e. The Kier molecular flexibility index (Phi) is 3.86. The Morgan fingerprint density at radius 1 is 1.27 bits per heavy atom. The van der Waals surface area contributed by atoms with Gasteiger partial charge in [-0.3, -0.25) is 9.59 Å². The van der Waals surface area contributed by atoms with Gasteiger partial charge in [0.15, 0.2) is 5.82 Å². The number of hydrogen-bond donors (Lipinski definition) is 2. The molecule has 3 heterocycles. The van der Waals surface area contributed by atoms with Crippen LogP contribution in [0.5, 0.6) is 0 Å². The van der Waals surface area contributed by atoms with Gasteiger partial charge in [-0.25, -0.2) is 9.97 Å². The zero-order valence-electron chi connectivity index (χ0n) is 14.9. The van der Waals surface area contributed by atoms with Crippen molar-refractivity contribution in [2.75, 3.05) is 28.6 Å². The van der Waals surface area contributed by atoms with E-state index in [1.807, 2.05) is 13.8 Å². The van der Waals surface area contributed by atoms with E-state index in [2.05, 4.69) is 25.5 Å². The first-order valence-electron chi connectivity index (χ1n) is 8.79. The van der Waals surface area contributed by atoms with E-state index in [0.717, 1.165) is 43.0 Å². The molecular weight excluding hydrogens is 330 g/mol. The number of nitrogens with one attached hydrogen (secondary N) is 2. The summed E-state index contributed by atoms with van der Waals surface area (Å²) in [5.41, 5.74) is 2.05. The molecule has 2 aromatic rings. The van der Waals surface area contributed by atoms with Crippen molar-refractivity contribution < 1.29 is 9.59 Å². The van der Waals surface area contributed by atoms with Crippen molar-refractivity contribution in [1.82, 2.24) is 9.97 Å². The number of benzene rings is 1. The normalized spacial score (nSPS) is 17.8. The van der Waals surface area contributed by atoms with Gasteiger partial charge >= 0.3 is 0 Å². The van der Waals surface area contributed by atoms with E-state index < -0.39 is 5.41 Å². The molecule has 0 atom stereocenters. The highest BCUT2D eigenvalue weighted by Crippen LogP contribution is 2.37. The maximum absolute atomic E-state index is 12.8. The third-order valence-corrected chi connectivity index (χ3v) is 5.12. The van der Waals surface area contributed by atoms with Crippen LogP contribution in [0.2, 0.25) is 0 Å². The zero-order valence-corrected chi connectivity index (χ0v) is 14.9. The standard InChI is InChI=1S/C19H21N5O2/c1-19(2)13-9-12(5-6-14(13)23-18(19)26)17(25)22-15-10-20-11-21-16(15)24-7-3-4-8-24/h5-6,9-11H,3-4,7-8H2,1-2H3,(H,22,25)(H,23,26). The van der Waals surface area contributed by atoms with Crippen LogP contribution >= 0.6 is 0 Å². The van der Waals surface area contributed by atoms with Gasteiger partial charge in [-0.05, 0) is 50.5 Å². The van der Waals surface area contributed by atoms with Gasteiger partial charge in [-0.15, -0.1) is 0 Å². The molecule has 2 aliphatic heterocycles. The molecule has 0 saturated carbocycles. The SMILES string of the molecule is CC1(C)C(=O)Nc2ccc(C(=O)Nc3cncnc3N3CCCC3)cc21. The highest BCUT2D eigenvalue weighted by Gasteiger charge is 2.38. The number of nitrogens with zero attached hydrogens (tertiary/aromatic N) is 3. The Balaban J connectivity index is 1.61. The fourth-order valence-corrected chi connectivity index (χ4v) is 3.50. The third-order valence-electron chi connectivity index (χ3n) is 5.12. The molecular formula is C19H21N5O2. The van der Waals surface area contributed by atoms with E-state index in [9.17, 15) is 9.59 Å². The minimum atomic E-state index is -0.651. The Bertz CT molecular complexity index is 887. The van der Waals surface area contributed by atoms with Crippen LogP contribution in [0.1, 0.15) is 42.6 Å². The zero-order chi connectivity index (χ0) is 18.3. The van der Waals surface area contributed by atoms with Crippen molar-refractivity contribution in [1.29, 1.82) is 0 Å². The highest BCUT2D eigenvalue weighted by atomic mass is 16.2. The Morgan fingerprint density at radius 2 is 2.04 bits per heavy atom. The molecule has 0 unspecified atom stereocenters. The van der Waals surface area contributed by atoms with Crippen LogP contribution in [0.15, 0.2) is 30.7 Å². The number of carbonyl (C=O) groups is 2. The smallest absolute Gasteiger partial charge is 0.255 e. The molecule has 7 nitrogen and oxygen atoms in total. The van der Waals surface area contributed by atoms with Crippen molar-refractivity contribution in [3.63, 3.8) is 0 Å². The molecule has 7 heteroatoms. The summed E-state index contributed by atoms with van der Waals surface area (Å²) in [6.07, 6.45) is 5.37. The van der Waals surface area contributed by atoms with E-state index in [1.165, 1.54) is 6.33 Å². The van der Waals surface area contributed by atoms with Crippen LogP contribution in [0.3, 0.4) is 0 Å². The van der Waals surface area contributed by atoms with Crippen LogP contribution in [-0.2, 0) is 10.2 Å². The second-order valence-electron chi connectivity index (χ2n) is 7.25. The van der Waals surface area contributed by atoms with E-state index in [4.69, 9.17) is 0 Å². The van der Waals surface area contributed by atoms with Crippen LogP contribution in [0.25, 0.3) is 0 Å². The molecule has 2 aliphatic rings. The quantitative estimate of drug-likeness (QED) is 0.887. The van der Waals surface area contributed by atoms with Gasteiger partial charge < -0.3 is 15.5 Å². The minimum absolute atomic E-state index is 0.0576. The van der Waals surface area contributed by atoms with Crippen LogP contribution in [-0.4, -0.2) is 34.9 Å². The predicted octanol–water partition coefficient (Wildman–Crippen LogP) is 2.56. The number of rotatable bonds is 3. The maximum atomic E-state index is 12.8. The van der Waals surface area contributed by atoms with Crippen molar-refractivity contribution in [2.45, 2.75) is 32.1 Å². The van der Waals surface area contributed by atoms with Gasteiger partial charge in [0.1, 0.15) is 12.0 Å². The molecule has 26 heavy (non-hydrogen) atoms. The summed E-state index contributed by atoms with van der Waals surface area (Å²) in [6.45, 7) is 5.57. The van der Waals surface area contributed by atoms with Crippen molar-refractivity contribution >= 4 is 29.0 Å². The first kappa shape index (κ1) is 16.5. The van der Waals surface area contributed by atoms with Crippen molar-refractivity contribution in [3.05, 3.63) is 41.9 Å². The largest absolute Gasteiger partial charge is 0.355 e. The lowest BCUT2D eigenvalue weighted by Crippen LogP contribution is -2.27. The number of amides is 2. The molecule has 1 fully saturated rings. The molecule has 0 spiro atoms. The summed E-state index contributed by atoms with van der Waals surface area (Å²) in [5.74, 6) is 0.459. The van der Waals surface area contributed by atoms with E-state index in [1.54, 1.807) is 24.4 Å². The van der Waals surface area contributed by atoms with Crippen LogP contribution in [0.4, 0.5) is 17.2 Å². The Labute approximate surface area is 151 Å². The lowest BCUT2D eigenvalue weighted by molar-refractivity contribution is -0.119. The summed E-state index contributed by atoms with van der Waals surface area (Å²) >= 11 is 0. The molecule has 134 valence electrons. The Morgan fingerprint density at radius 3 is 2.81 bits per heavy atom. The topological polar surface area (TPSA) is 87.2 Å². The number of aromatic nitrogens is 2. The number of anilines is 3. The van der Waals surface area contributed by atoms with Gasteiger partial charge in [0.25, 0.3) is 5.91 Å². The molecule has 1 saturated heterocycles. The molecule has 0 aliphatic carbocycles. The summed E-state index contributed by atoms with van der Waals surface area (Å²) in [7, 11) is 0. The second-order valence-corrected chi connectivity index (χ2v) is 7.25. The van der Waals surface area contributed by atoms with Crippen molar-refractivity contribution in [2.24, 2.45) is 0 Å². The number of fused-ring (bicyclic) bond motifs is 1. The molecule has 0 radical (unpaired) electrons. The lowest BCUT2D eigenvalue weighted by atomic mass is 9.85. The molecule has 1 aromatic carbocycles. The molecule has 2 N–H and O–H groups in total. The highest BCUT2D eigenvalue weighted by molar-refractivity contribution is 6.09. The molecule has 1 aromatic heterocycles. The maximum Gasteiger partial charge on any atom is 0.255 e. The average Bonchev–Trinajstić information content (AvgIpc) is 3.23. The lowest BCUT2D eigenvalue weighted by Gasteiger charge is -2.20. The van der Waals surface area contributed by atoms with E-state index in [-0.39, 0.29) is 11.8 Å². The summed E-state index contributed by atoms with van der Waals surface area (Å²) in [5, 5.41) is 5.77. The van der Waals surface area contributed by atoms with Gasteiger partial charge in [0.2, 0.25) is 5.91 Å². The first-order chi connectivity index (χ1) is 12.5. The van der Waals surface area contributed by atoms with Gasteiger partial charge in [-0.2, -0.15) is 0 Å². The predicted molar refractivity (Wildman–Crippen MR) is 99.5 cm³/mol. The summed E-state index contributed by atoms with van der Waals surface area (Å²) in [6, 6.07) is 5.27. The fourth-order valence-electron chi connectivity index (χ4n) is 3.50. The van der Waals surface area contributed by atoms with E-state index in [0.29, 0.717) is 11.3 Å². The fraction of sp³-hybridized carbons (Fsp3) is 0.368. The average molecular weight is 351 g/mol. The summed E-state index contributed by atoms with van der Waals surface area (Å²) in [4.78, 5) is 35.4. The van der Waals surface area contributed by atoms with Gasteiger partial charge in [0, 0.05) is 24.3 Å². The Hall–Kier alpha value is -2.96. The monoisotopic (exact) mass is 351 g/mol. The number of hydrogen-bond acceptors (Lipinski definition) is 5. The van der Waals surface area contributed by atoms with Crippen LogP contribution < -0.4 is 15.5 Å². The van der Waals surface area contributed by atoms with Gasteiger partial charge in [0.05, 0.1) is 11.6 Å². The first-order valence-corrected chi connectivity index (χ1v) is 8.79. The molecule has 4 rings (SSSR count). The molecule has 0 bridgehead atoms.